The molecule has 182 valence electrons. The highest BCUT2D eigenvalue weighted by Gasteiger charge is 2.25. The Labute approximate surface area is 202 Å². The van der Waals surface area contributed by atoms with Crippen molar-refractivity contribution in [3.8, 4) is 11.4 Å². The van der Waals surface area contributed by atoms with Crippen molar-refractivity contribution in [2.75, 3.05) is 76.0 Å². The van der Waals surface area contributed by atoms with E-state index < -0.39 is 10.0 Å². The second-order valence-corrected chi connectivity index (χ2v) is 11.5. The summed E-state index contributed by atoms with van der Waals surface area (Å²) in [5.41, 5.74) is 0.766. The molecule has 34 heavy (non-hydrogen) atoms. The molecule has 11 nitrogen and oxygen atoms in total. The molecule has 3 aromatic heterocycles. The van der Waals surface area contributed by atoms with Gasteiger partial charge in [-0.3, -0.25) is 4.90 Å². The smallest absolute Gasteiger partial charge is 0.222 e. The van der Waals surface area contributed by atoms with Gasteiger partial charge in [-0.05, 0) is 6.07 Å². The van der Waals surface area contributed by atoms with Crippen molar-refractivity contribution in [2.45, 2.75) is 6.54 Å². The number of ether oxygens (including phenoxy) is 1. The fraction of sp³-hybridized carbons (Fsp3) is 0.524. The molecule has 0 amide bonds. The third kappa shape index (κ3) is 4.98. The lowest BCUT2D eigenvalue weighted by Gasteiger charge is -2.32. The molecule has 2 aliphatic rings. The molecule has 0 aliphatic carbocycles. The molecular formula is C21H28N8O3S2. The monoisotopic (exact) mass is 504 g/mol. The van der Waals surface area contributed by atoms with Crippen LogP contribution in [0.4, 0.5) is 11.8 Å². The minimum Gasteiger partial charge on any atom is -0.378 e. The molecule has 0 saturated carbocycles. The van der Waals surface area contributed by atoms with Gasteiger partial charge < -0.3 is 15.0 Å². The summed E-state index contributed by atoms with van der Waals surface area (Å²) in [4.78, 5) is 25.1. The van der Waals surface area contributed by atoms with Crippen molar-refractivity contribution in [3.63, 3.8) is 0 Å². The highest BCUT2D eigenvalue weighted by Crippen LogP contribution is 2.34. The van der Waals surface area contributed by atoms with E-state index in [1.54, 1.807) is 35.1 Å². The first-order valence-electron chi connectivity index (χ1n) is 11.2. The molecule has 13 heteroatoms. The van der Waals surface area contributed by atoms with Crippen LogP contribution in [0.5, 0.6) is 0 Å². The zero-order valence-electron chi connectivity index (χ0n) is 19.3. The number of piperazine rings is 1. The zero-order valence-corrected chi connectivity index (χ0v) is 20.9. The van der Waals surface area contributed by atoms with E-state index in [0.717, 1.165) is 41.2 Å². The van der Waals surface area contributed by atoms with Gasteiger partial charge in [0.15, 0.2) is 5.82 Å². The van der Waals surface area contributed by atoms with Gasteiger partial charge >= 0.3 is 0 Å². The summed E-state index contributed by atoms with van der Waals surface area (Å²) in [6.45, 7) is 6.12. The molecule has 5 heterocycles. The maximum absolute atomic E-state index is 11.8. The minimum absolute atomic E-state index is 0.523. The lowest BCUT2D eigenvalue weighted by atomic mass is 10.2. The molecule has 0 unspecified atom stereocenters. The number of aromatic nitrogens is 4. The largest absolute Gasteiger partial charge is 0.378 e. The average Bonchev–Trinajstić information content (AvgIpc) is 3.26. The highest BCUT2D eigenvalue weighted by atomic mass is 32.2. The molecule has 0 radical (unpaired) electrons. The Morgan fingerprint density at radius 3 is 2.41 bits per heavy atom. The van der Waals surface area contributed by atoms with Gasteiger partial charge in [-0.25, -0.2) is 28.4 Å². The van der Waals surface area contributed by atoms with Crippen molar-refractivity contribution in [1.82, 2.24) is 29.1 Å². The second-order valence-electron chi connectivity index (χ2n) is 8.39. The number of fused-ring (bicyclic) bond motifs is 1. The third-order valence-corrected chi connectivity index (χ3v) is 8.36. The van der Waals surface area contributed by atoms with Crippen LogP contribution in [0.2, 0.25) is 0 Å². The van der Waals surface area contributed by atoms with Gasteiger partial charge in [-0.15, -0.1) is 11.3 Å². The number of thiophene rings is 1. The number of anilines is 2. The molecule has 0 atom stereocenters. The van der Waals surface area contributed by atoms with Crippen LogP contribution in [0.3, 0.4) is 0 Å². The SMILES string of the molecule is CNc1ncc(-c2nc(N3CCOCC3)c3cc(CN4CCN(S(C)(=O)=O)CC4)sc3n2)cn1. The van der Waals surface area contributed by atoms with Crippen LogP contribution < -0.4 is 10.2 Å². The molecule has 3 aromatic rings. The van der Waals surface area contributed by atoms with Crippen molar-refractivity contribution < 1.29 is 13.2 Å². The van der Waals surface area contributed by atoms with Crippen LogP contribution in [0.15, 0.2) is 18.5 Å². The Kier molecular flexibility index (Phi) is 6.62. The van der Waals surface area contributed by atoms with E-state index in [4.69, 9.17) is 14.7 Å². The van der Waals surface area contributed by atoms with Crippen LogP contribution in [-0.2, 0) is 21.3 Å². The van der Waals surface area contributed by atoms with Gasteiger partial charge in [0.25, 0.3) is 0 Å². The topological polar surface area (TPSA) is 117 Å². The highest BCUT2D eigenvalue weighted by molar-refractivity contribution is 7.88. The predicted molar refractivity (Wildman–Crippen MR) is 133 cm³/mol. The summed E-state index contributed by atoms with van der Waals surface area (Å²) in [6, 6.07) is 2.18. The Morgan fingerprint density at radius 1 is 1.06 bits per heavy atom. The summed E-state index contributed by atoms with van der Waals surface area (Å²) >= 11 is 1.66. The third-order valence-electron chi connectivity index (χ3n) is 6.05. The number of nitrogens with zero attached hydrogens (tertiary/aromatic N) is 7. The van der Waals surface area contributed by atoms with Gasteiger partial charge in [0.05, 0.1) is 30.4 Å². The van der Waals surface area contributed by atoms with Crippen molar-refractivity contribution in [2.24, 2.45) is 0 Å². The van der Waals surface area contributed by atoms with E-state index in [-0.39, 0.29) is 0 Å². The Hall–Kier alpha value is -2.45. The number of rotatable bonds is 6. The fourth-order valence-electron chi connectivity index (χ4n) is 4.19. The van der Waals surface area contributed by atoms with Crippen LogP contribution in [0.1, 0.15) is 4.88 Å². The molecule has 0 aromatic carbocycles. The predicted octanol–water partition coefficient (Wildman–Crippen LogP) is 1.10. The van der Waals surface area contributed by atoms with Crippen LogP contribution in [0, 0.1) is 0 Å². The second kappa shape index (κ2) is 9.66. The number of hydrogen-bond acceptors (Lipinski definition) is 11. The number of hydrogen-bond donors (Lipinski definition) is 1. The minimum atomic E-state index is -3.14. The van der Waals surface area contributed by atoms with Gasteiger partial charge in [-0.2, -0.15) is 4.31 Å². The normalized spacial score (nSPS) is 18.5. The van der Waals surface area contributed by atoms with E-state index in [0.29, 0.717) is 51.2 Å². The first-order chi connectivity index (χ1) is 16.4. The lowest BCUT2D eigenvalue weighted by Crippen LogP contribution is -2.47. The number of sulfonamides is 1. The average molecular weight is 505 g/mol. The Balaban J connectivity index is 1.44. The summed E-state index contributed by atoms with van der Waals surface area (Å²) < 4.78 is 30.7. The van der Waals surface area contributed by atoms with E-state index in [1.807, 2.05) is 0 Å². The molecule has 2 aliphatic heterocycles. The van der Waals surface area contributed by atoms with E-state index in [1.165, 1.54) is 11.1 Å². The first kappa shape index (κ1) is 23.3. The van der Waals surface area contributed by atoms with Gasteiger partial charge in [0, 0.05) is 70.1 Å². The van der Waals surface area contributed by atoms with Crippen LogP contribution in [-0.4, -0.2) is 103 Å². The van der Waals surface area contributed by atoms with Gasteiger partial charge in [0.1, 0.15) is 10.6 Å². The molecule has 2 fully saturated rings. The van der Waals surface area contributed by atoms with Crippen molar-refractivity contribution in [1.29, 1.82) is 0 Å². The van der Waals surface area contributed by atoms with E-state index in [9.17, 15) is 8.42 Å². The quantitative estimate of drug-likeness (QED) is 0.523. The molecule has 0 bridgehead atoms. The standard InChI is InChI=1S/C21H28N8O3S2/c1-22-21-23-12-15(13-24-21)18-25-19(28-7-9-32-10-8-28)17-11-16(33-20(17)26-18)14-27-3-5-29(6-4-27)34(2,30)31/h11-13H,3-10,14H2,1-2H3,(H,22,23,24). The maximum atomic E-state index is 11.8. The fourth-order valence-corrected chi connectivity index (χ4v) is 6.08. The number of nitrogens with one attached hydrogen (secondary N) is 1. The molecule has 0 spiro atoms. The lowest BCUT2D eigenvalue weighted by molar-refractivity contribution is 0.122. The Bertz CT molecular complexity index is 1250. The van der Waals surface area contributed by atoms with Gasteiger partial charge in [-0.1, -0.05) is 0 Å². The molecule has 5 rings (SSSR count). The zero-order chi connectivity index (χ0) is 23.7. The van der Waals surface area contributed by atoms with Crippen molar-refractivity contribution in [3.05, 3.63) is 23.3 Å². The molecule has 2 saturated heterocycles. The summed E-state index contributed by atoms with van der Waals surface area (Å²) in [5.74, 6) is 2.06. The van der Waals surface area contributed by atoms with Gasteiger partial charge in [0.2, 0.25) is 16.0 Å². The van der Waals surface area contributed by atoms with Crippen LogP contribution >= 0.6 is 11.3 Å². The maximum Gasteiger partial charge on any atom is 0.222 e. The summed E-state index contributed by atoms with van der Waals surface area (Å²) in [7, 11) is -1.36. The van der Waals surface area contributed by atoms with E-state index in [2.05, 4.69) is 31.2 Å². The summed E-state index contributed by atoms with van der Waals surface area (Å²) in [5, 5.41) is 3.96. The van der Waals surface area contributed by atoms with Crippen molar-refractivity contribution >= 4 is 43.3 Å². The molecular weight excluding hydrogens is 476 g/mol. The number of morpholine rings is 1. The van der Waals surface area contributed by atoms with E-state index >= 15 is 0 Å². The summed E-state index contributed by atoms with van der Waals surface area (Å²) in [6.07, 6.45) is 4.74. The Morgan fingerprint density at radius 2 is 1.76 bits per heavy atom. The van der Waals surface area contributed by atoms with Crippen LogP contribution in [0.25, 0.3) is 21.6 Å². The first-order valence-corrected chi connectivity index (χ1v) is 13.9. The molecule has 1 N–H and O–H groups in total.